The van der Waals surface area contributed by atoms with Crippen LogP contribution in [0, 0.1) is 15.9 Å². The molecular formula is C21H17FN2O6S2. The largest absolute Gasteiger partial charge is 0.488 e. The molecule has 166 valence electrons. The lowest BCUT2D eigenvalue weighted by Crippen LogP contribution is -2.29. The first-order chi connectivity index (χ1) is 15.2. The quantitative estimate of drug-likeness (QED) is 0.246. The zero-order chi connectivity index (χ0) is 23.3. The van der Waals surface area contributed by atoms with Gasteiger partial charge in [-0.3, -0.25) is 24.6 Å². The zero-order valence-electron chi connectivity index (χ0n) is 16.5. The third kappa shape index (κ3) is 5.89. The summed E-state index contributed by atoms with van der Waals surface area (Å²) in [5.74, 6) is -1.52. The number of nitro benzene ring substituents is 1. The van der Waals surface area contributed by atoms with Crippen LogP contribution in [0.4, 0.5) is 10.1 Å². The van der Waals surface area contributed by atoms with Gasteiger partial charge in [-0.2, -0.15) is 0 Å². The zero-order valence-corrected chi connectivity index (χ0v) is 18.2. The van der Waals surface area contributed by atoms with E-state index in [9.17, 15) is 24.1 Å². The minimum atomic E-state index is -0.970. The van der Waals surface area contributed by atoms with Gasteiger partial charge in [-0.15, -0.1) is 0 Å². The van der Waals surface area contributed by atoms with E-state index >= 15 is 0 Å². The Morgan fingerprint density at radius 3 is 2.78 bits per heavy atom. The molecule has 0 saturated carbocycles. The Balaban J connectivity index is 1.84. The first kappa shape index (κ1) is 23.4. The van der Waals surface area contributed by atoms with Gasteiger partial charge in [0.25, 0.3) is 11.6 Å². The second kappa shape index (κ2) is 10.3. The average Bonchev–Trinajstić information content (AvgIpc) is 3.00. The third-order valence-electron chi connectivity index (χ3n) is 4.42. The molecule has 0 unspecified atom stereocenters. The lowest BCUT2D eigenvalue weighted by molar-refractivity contribution is -0.384. The molecule has 1 aliphatic heterocycles. The number of carbonyl (C=O) groups is 2. The van der Waals surface area contributed by atoms with Crippen molar-refractivity contribution in [2.75, 3.05) is 6.54 Å². The molecule has 0 bridgehead atoms. The van der Waals surface area contributed by atoms with Crippen LogP contribution in [0.15, 0.2) is 47.4 Å². The summed E-state index contributed by atoms with van der Waals surface area (Å²) in [5, 5.41) is 20.0. The summed E-state index contributed by atoms with van der Waals surface area (Å²) in [5.41, 5.74) is 0.673. The van der Waals surface area contributed by atoms with Crippen LogP contribution in [-0.4, -0.2) is 37.7 Å². The minimum absolute atomic E-state index is 0.0204. The number of carbonyl (C=O) groups excluding carboxylic acids is 1. The average molecular weight is 477 g/mol. The van der Waals surface area contributed by atoms with E-state index in [2.05, 4.69) is 0 Å². The molecule has 32 heavy (non-hydrogen) atoms. The predicted octanol–water partition coefficient (Wildman–Crippen LogP) is 4.38. The topological polar surface area (TPSA) is 110 Å². The molecule has 3 rings (SSSR count). The number of carboxylic acids is 1. The van der Waals surface area contributed by atoms with Crippen molar-refractivity contribution in [1.29, 1.82) is 0 Å². The van der Waals surface area contributed by atoms with Gasteiger partial charge in [0.2, 0.25) is 0 Å². The molecule has 2 aromatic rings. The summed E-state index contributed by atoms with van der Waals surface area (Å²) in [4.78, 5) is 35.6. The van der Waals surface area contributed by atoms with Gasteiger partial charge < -0.3 is 9.84 Å². The molecule has 0 spiro atoms. The molecule has 8 nitrogen and oxygen atoms in total. The number of thiocarbonyl (C=S) groups is 1. The molecule has 1 heterocycles. The van der Waals surface area contributed by atoms with Crippen LogP contribution in [-0.2, 0) is 16.2 Å². The minimum Gasteiger partial charge on any atom is -0.488 e. The molecule has 2 aromatic carbocycles. The first-order valence-corrected chi connectivity index (χ1v) is 10.6. The molecule has 1 aliphatic rings. The fraction of sp³-hybridized carbons (Fsp3) is 0.190. The predicted molar refractivity (Wildman–Crippen MR) is 121 cm³/mol. The molecule has 0 aliphatic carbocycles. The lowest BCUT2D eigenvalue weighted by atomic mass is 10.1. The van der Waals surface area contributed by atoms with E-state index in [1.165, 1.54) is 41.3 Å². The number of hydrogen-bond acceptors (Lipinski definition) is 7. The number of nitrogens with zero attached hydrogens (tertiary/aromatic N) is 2. The molecule has 1 amide bonds. The SMILES string of the molecule is O=C(O)CCCN1C(=O)C(=Cc2cc([N+](=O)[O-])ccc2OCc2cccc(F)c2)SC1=S. The number of carboxylic acid groups (broad SMARTS) is 1. The van der Waals surface area contributed by atoms with Crippen molar-refractivity contribution in [3.05, 3.63) is 74.4 Å². The first-order valence-electron chi connectivity index (χ1n) is 9.37. The summed E-state index contributed by atoms with van der Waals surface area (Å²) in [6.07, 6.45) is 1.59. The molecule has 1 saturated heterocycles. The smallest absolute Gasteiger partial charge is 0.303 e. The summed E-state index contributed by atoms with van der Waals surface area (Å²) >= 11 is 6.24. The number of ether oxygens (including phenoxy) is 1. The summed E-state index contributed by atoms with van der Waals surface area (Å²) in [6.45, 7) is 0.179. The second-order valence-electron chi connectivity index (χ2n) is 6.73. The number of aliphatic carboxylic acids is 1. The second-order valence-corrected chi connectivity index (χ2v) is 8.40. The molecule has 0 radical (unpaired) electrons. The van der Waals surface area contributed by atoms with E-state index in [1.54, 1.807) is 12.1 Å². The number of thioether (sulfide) groups is 1. The third-order valence-corrected chi connectivity index (χ3v) is 5.80. The molecule has 0 aromatic heterocycles. The monoisotopic (exact) mass is 476 g/mol. The number of halogens is 1. The molecule has 11 heteroatoms. The summed E-state index contributed by atoms with van der Waals surface area (Å²) < 4.78 is 19.4. The number of hydrogen-bond donors (Lipinski definition) is 1. The highest BCUT2D eigenvalue weighted by atomic mass is 32.2. The highest BCUT2D eigenvalue weighted by molar-refractivity contribution is 8.26. The van der Waals surface area contributed by atoms with Crippen molar-refractivity contribution >= 4 is 51.9 Å². The highest BCUT2D eigenvalue weighted by Crippen LogP contribution is 2.35. The Morgan fingerprint density at radius 2 is 2.09 bits per heavy atom. The maximum Gasteiger partial charge on any atom is 0.303 e. The normalized spacial score (nSPS) is 14.8. The van der Waals surface area contributed by atoms with E-state index in [-0.39, 0.29) is 46.7 Å². The van der Waals surface area contributed by atoms with Crippen molar-refractivity contribution in [2.45, 2.75) is 19.4 Å². The Kier molecular flexibility index (Phi) is 7.54. The van der Waals surface area contributed by atoms with E-state index in [1.807, 2.05) is 0 Å². The van der Waals surface area contributed by atoms with Gasteiger partial charge in [0.1, 0.15) is 22.5 Å². The van der Waals surface area contributed by atoms with E-state index < -0.39 is 22.6 Å². The molecular weight excluding hydrogens is 459 g/mol. The Hall–Kier alpha value is -3.31. The van der Waals surface area contributed by atoms with Crippen molar-refractivity contribution in [2.24, 2.45) is 0 Å². The van der Waals surface area contributed by atoms with Crippen LogP contribution in [0.3, 0.4) is 0 Å². The van der Waals surface area contributed by atoms with Gasteiger partial charge in [0.15, 0.2) is 0 Å². The number of rotatable bonds is 9. The maximum atomic E-state index is 13.4. The van der Waals surface area contributed by atoms with Gasteiger partial charge in [-0.05, 0) is 36.3 Å². The van der Waals surface area contributed by atoms with Crippen LogP contribution < -0.4 is 4.74 Å². The van der Waals surface area contributed by atoms with Crippen LogP contribution in [0.2, 0.25) is 0 Å². The molecule has 0 atom stereocenters. The Bertz CT molecular complexity index is 1120. The van der Waals surface area contributed by atoms with Gasteiger partial charge >= 0.3 is 5.97 Å². The van der Waals surface area contributed by atoms with Crippen molar-refractivity contribution in [3.63, 3.8) is 0 Å². The van der Waals surface area contributed by atoms with Gasteiger partial charge in [-0.25, -0.2) is 4.39 Å². The van der Waals surface area contributed by atoms with Crippen LogP contribution in [0.1, 0.15) is 24.0 Å². The van der Waals surface area contributed by atoms with Gasteiger partial charge in [0, 0.05) is 30.7 Å². The van der Waals surface area contributed by atoms with Crippen LogP contribution in [0.25, 0.3) is 6.08 Å². The fourth-order valence-electron chi connectivity index (χ4n) is 2.90. The van der Waals surface area contributed by atoms with Crippen LogP contribution in [0.5, 0.6) is 5.75 Å². The van der Waals surface area contributed by atoms with Crippen molar-refractivity contribution < 1.29 is 28.7 Å². The maximum absolute atomic E-state index is 13.4. The number of benzene rings is 2. The molecule has 1 N–H and O–H groups in total. The van der Waals surface area contributed by atoms with Gasteiger partial charge in [-0.1, -0.05) is 36.1 Å². The number of non-ortho nitro benzene ring substituents is 1. The summed E-state index contributed by atoms with van der Waals surface area (Å²) in [6, 6.07) is 9.80. The van der Waals surface area contributed by atoms with Crippen LogP contribution >= 0.6 is 24.0 Å². The highest BCUT2D eigenvalue weighted by Gasteiger charge is 2.32. The number of nitro groups is 1. The Morgan fingerprint density at radius 1 is 1.31 bits per heavy atom. The standard InChI is InChI=1S/C21H17FN2O6S2/c22-15-4-1-3-13(9-15)12-30-17-7-6-16(24(28)29)10-14(17)11-18-20(27)23(21(31)32-18)8-2-5-19(25)26/h1,3-4,6-7,9-11H,2,5,8,12H2,(H,25,26). The van der Waals surface area contributed by atoms with E-state index in [0.717, 1.165) is 11.8 Å². The lowest BCUT2D eigenvalue weighted by Gasteiger charge is -2.13. The van der Waals surface area contributed by atoms with E-state index in [0.29, 0.717) is 11.1 Å². The summed E-state index contributed by atoms with van der Waals surface area (Å²) in [7, 11) is 0. The van der Waals surface area contributed by atoms with Crippen molar-refractivity contribution in [1.82, 2.24) is 4.90 Å². The van der Waals surface area contributed by atoms with Crippen molar-refractivity contribution in [3.8, 4) is 5.75 Å². The number of amides is 1. The van der Waals surface area contributed by atoms with Gasteiger partial charge in [0.05, 0.1) is 9.83 Å². The van der Waals surface area contributed by atoms with E-state index in [4.69, 9.17) is 22.1 Å². The molecule has 1 fully saturated rings. The Labute approximate surface area is 191 Å². The fourth-order valence-corrected chi connectivity index (χ4v) is 4.20.